The van der Waals surface area contributed by atoms with Crippen LogP contribution in [0.25, 0.3) is 0 Å². The molecule has 32 heavy (non-hydrogen) atoms. The van der Waals surface area contributed by atoms with Gasteiger partial charge in [0, 0.05) is 30.2 Å². The van der Waals surface area contributed by atoms with Crippen LogP contribution in [0.15, 0.2) is 22.4 Å². The molecule has 2 heterocycles. The molecule has 7 nitrogen and oxygen atoms in total. The van der Waals surface area contributed by atoms with Gasteiger partial charge in [-0.1, -0.05) is 18.5 Å². The summed E-state index contributed by atoms with van der Waals surface area (Å²) in [5.41, 5.74) is -0.0816. The fourth-order valence-corrected chi connectivity index (χ4v) is 5.99. The van der Waals surface area contributed by atoms with Crippen LogP contribution < -0.4 is 4.74 Å². The average Bonchev–Trinajstić information content (AvgIpc) is 3.13. The van der Waals surface area contributed by atoms with Gasteiger partial charge in [-0.25, -0.2) is 17.2 Å². The van der Waals surface area contributed by atoms with Crippen molar-refractivity contribution in [3.63, 3.8) is 0 Å². The SMILES string of the molecule is CCC(=O)c1cc(F)c(OCC2CN(C(=O)c3scc(S(C)(=O)=O)c3Cl)CCO2)c(F)c1. The van der Waals surface area contributed by atoms with E-state index >= 15 is 0 Å². The summed E-state index contributed by atoms with van der Waals surface area (Å²) in [6, 6.07) is 1.83. The molecular weight excluding hydrogens is 488 g/mol. The Hall–Kier alpha value is -2.08. The molecule has 0 radical (unpaired) electrons. The van der Waals surface area contributed by atoms with Gasteiger partial charge in [0.2, 0.25) is 0 Å². The van der Waals surface area contributed by atoms with E-state index in [-0.39, 0.29) is 53.1 Å². The van der Waals surface area contributed by atoms with Gasteiger partial charge in [-0.2, -0.15) is 0 Å². The Balaban J connectivity index is 1.68. The number of benzene rings is 1. The molecule has 0 N–H and O–H groups in total. The van der Waals surface area contributed by atoms with E-state index in [9.17, 15) is 26.8 Å². The van der Waals surface area contributed by atoms with Crippen LogP contribution in [-0.2, 0) is 14.6 Å². The normalized spacial score (nSPS) is 16.8. The van der Waals surface area contributed by atoms with Gasteiger partial charge in [0.25, 0.3) is 5.91 Å². The molecule has 1 fully saturated rings. The monoisotopic (exact) mass is 507 g/mol. The second kappa shape index (κ2) is 9.82. The fraction of sp³-hybridized carbons (Fsp3) is 0.400. The molecule has 1 amide bonds. The lowest BCUT2D eigenvalue weighted by Gasteiger charge is -2.32. The number of ketones is 1. The lowest BCUT2D eigenvalue weighted by Crippen LogP contribution is -2.47. The summed E-state index contributed by atoms with van der Waals surface area (Å²) < 4.78 is 62.8. The summed E-state index contributed by atoms with van der Waals surface area (Å²) in [5, 5.41) is 1.18. The van der Waals surface area contributed by atoms with Crippen molar-refractivity contribution in [2.75, 3.05) is 32.6 Å². The number of thiophene rings is 1. The Kier molecular flexibility index (Phi) is 7.53. The number of morpholine rings is 1. The Morgan fingerprint density at radius 3 is 2.53 bits per heavy atom. The minimum Gasteiger partial charge on any atom is -0.485 e. The zero-order valence-corrected chi connectivity index (χ0v) is 19.6. The minimum atomic E-state index is -3.57. The number of halogens is 3. The predicted octanol–water partition coefficient (Wildman–Crippen LogP) is 3.60. The van der Waals surface area contributed by atoms with Gasteiger partial charge in [-0.3, -0.25) is 9.59 Å². The number of rotatable bonds is 7. The van der Waals surface area contributed by atoms with Crippen molar-refractivity contribution in [2.24, 2.45) is 0 Å². The van der Waals surface area contributed by atoms with Crippen LogP contribution in [0.3, 0.4) is 0 Å². The molecule has 2 aromatic rings. The van der Waals surface area contributed by atoms with E-state index in [0.717, 1.165) is 29.7 Å². The lowest BCUT2D eigenvalue weighted by atomic mass is 10.1. The number of ether oxygens (including phenoxy) is 2. The molecule has 12 heteroatoms. The van der Waals surface area contributed by atoms with Gasteiger partial charge in [-0.05, 0) is 12.1 Å². The number of Topliss-reactive ketones (excluding diaryl/α,β-unsaturated/α-hetero) is 1. The molecule has 1 atom stereocenters. The molecule has 0 aliphatic carbocycles. The van der Waals surface area contributed by atoms with E-state index in [0.29, 0.717) is 0 Å². The van der Waals surface area contributed by atoms with Gasteiger partial charge < -0.3 is 14.4 Å². The summed E-state index contributed by atoms with van der Waals surface area (Å²) in [5.74, 6) is -3.52. The molecule has 3 rings (SSSR count). The molecule has 0 saturated carbocycles. The van der Waals surface area contributed by atoms with Gasteiger partial charge in [0.1, 0.15) is 17.6 Å². The van der Waals surface area contributed by atoms with E-state index in [1.165, 1.54) is 10.3 Å². The third-order valence-electron chi connectivity index (χ3n) is 4.77. The van der Waals surface area contributed by atoms with Crippen LogP contribution in [0.4, 0.5) is 8.78 Å². The van der Waals surface area contributed by atoms with Crippen molar-refractivity contribution in [1.82, 2.24) is 4.90 Å². The Labute approximate surface area is 192 Å². The second-order valence-electron chi connectivity index (χ2n) is 7.12. The molecule has 1 saturated heterocycles. The van der Waals surface area contributed by atoms with E-state index in [2.05, 4.69) is 0 Å². The standard InChI is InChI=1S/C20H20ClF2NO6S2/c1-3-15(25)11-6-13(22)18(14(23)7-11)30-9-12-8-24(4-5-29-12)20(26)19-17(21)16(10-31-19)32(2,27)28/h6-7,10,12H,3-5,8-9H2,1-2H3. The maximum atomic E-state index is 14.2. The van der Waals surface area contributed by atoms with Crippen LogP contribution in [0.2, 0.25) is 5.02 Å². The van der Waals surface area contributed by atoms with Gasteiger partial charge in [0.05, 0.1) is 23.1 Å². The third kappa shape index (κ3) is 5.28. The number of carbonyl (C=O) groups is 2. The summed E-state index contributed by atoms with van der Waals surface area (Å²) in [4.78, 5) is 25.9. The van der Waals surface area contributed by atoms with Crippen molar-refractivity contribution >= 4 is 44.5 Å². The minimum absolute atomic E-state index is 0.0525. The number of hydrogen-bond acceptors (Lipinski definition) is 7. The summed E-state index contributed by atoms with van der Waals surface area (Å²) in [6.07, 6.45) is 0.426. The molecule has 1 aliphatic rings. The van der Waals surface area contributed by atoms with Crippen molar-refractivity contribution in [1.29, 1.82) is 0 Å². The Morgan fingerprint density at radius 1 is 1.31 bits per heavy atom. The largest absolute Gasteiger partial charge is 0.485 e. The Bertz CT molecular complexity index is 1130. The third-order valence-corrected chi connectivity index (χ3v) is 7.63. The number of amides is 1. The Morgan fingerprint density at radius 2 is 1.97 bits per heavy atom. The van der Waals surface area contributed by atoms with Crippen LogP contribution >= 0.6 is 22.9 Å². The molecule has 0 bridgehead atoms. The highest BCUT2D eigenvalue weighted by atomic mass is 35.5. The number of hydrogen-bond donors (Lipinski definition) is 0. The highest BCUT2D eigenvalue weighted by molar-refractivity contribution is 7.91. The van der Waals surface area contributed by atoms with Gasteiger partial charge in [0.15, 0.2) is 33.0 Å². The number of sulfone groups is 1. The highest BCUT2D eigenvalue weighted by Crippen LogP contribution is 2.33. The molecule has 1 unspecified atom stereocenters. The van der Waals surface area contributed by atoms with Gasteiger partial charge in [-0.15, -0.1) is 11.3 Å². The quantitative estimate of drug-likeness (QED) is 0.532. The first-order chi connectivity index (χ1) is 15.0. The number of carbonyl (C=O) groups excluding carboxylic acids is 2. The van der Waals surface area contributed by atoms with Gasteiger partial charge >= 0.3 is 0 Å². The highest BCUT2D eigenvalue weighted by Gasteiger charge is 2.30. The van der Waals surface area contributed by atoms with E-state index in [1.807, 2.05) is 0 Å². The van der Waals surface area contributed by atoms with Crippen LogP contribution in [-0.4, -0.2) is 63.7 Å². The average molecular weight is 508 g/mol. The van der Waals surface area contributed by atoms with E-state index in [1.54, 1.807) is 6.92 Å². The van der Waals surface area contributed by atoms with Crippen molar-refractivity contribution in [3.05, 3.63) is 44.6 Å². The summed E-state index contributed by atoms with van der Waals surface area (Å²) >= 11 is 7.03. The van der Waals surface area contributed by atoms with Crippen LogP contribution in [0.5, 0.6) is 5.75 Å². The van der Waals surface area contributed by atoms with Crippen LogP contribution in [0, 0.1) is 11.6 Å². The molecule has 174 valence electrons. The molecule has 1 aromatic carbocycles. The summed E-state index contributed by atoms with van der Waals surface area (Å²) in [6.45, 7) is 1.77. The van der Waals surface area contributed by atoms with E-state index in [4.69, 9.17) is 21.1 Å². The molecule has 1 aliphatic heterocycles. The van der Waals surface area contributed by atoms with Crippen molar-refractivity contribution in [2.45, 2.75) is 24.3 Å². The predicted molar refractivity (Wildman–Crippen MR) is 115 cm³/mol. The fourth-order valence-electron chi connectivity index (χ4n) is 3.11. The maximum absolute atomic E-state index is 14.2. The molecular formula is C20H20ClF2NO6S2. The molecule has 0 spiro atoms. The topological polar surface area (TPSA) is 90.0 Å². The van der Waals surface area contributed by atoms with Crippen molar-refractivity contribution in [3.8, 4) is 5.75 Å². The van der Waals surface area contributed by atoms with Crippen molar-refractivity contribution < 1.29 is 36.3 Å². The van der Waals surface area contributed by atoms with Crippen LogP contribution in [0.1, 0.15) is 33.4 Å². The maximum Gasteiger partial charge on any atom is 0.265 e. The second-order valence-corrected chi connectivity index (χ2v) is 10.4. The summed E-state index contributed by atoms with van der Waals surface area (Å²) in [7, 11) is -3.57. The smallest absolute Gasteiger partial charge is 0.265 e. The lowest BCUT2D eigenvalue weighted by molar-refractivity contribution is -0.0409. The first-order valence-electron chi connectivity index (χ1n) is 9.55. The number of nitrogens with zero attached hydrogens (tertiary/aromatic N) is 1. The zero-order chi connectivity index (χ0) is 23.6. The van der Waals surface area contributed by atoms with E-state index < -0.39 is 45.0 Å². The molecule has 1 aromatic heterocycles. The first kappa shape index (κ1) is 24.6. The first-order valence-corrected chi connectivity index (χ1v) is 12.7. The zero-order valence-electron chi connectivity index (χ0n) is 17.2.